The number of rotatable bonds is 8. The summed E-state index contributed by atoms with van der Waals surface area (Å²) in [6, 6.07) is 7.51. The maximum absolute atomic E-state index is 11.4. The van der Waals surface area contributed by atoms with Gasteiger partial charge in [-0.2, -0.15) is 4.99 Å². The third-order valence-electron chi connectivity index (χ3n) is 4.80. The molecule has 0 aliphatic rings. The number of aldehydes is 1. The van der Waals surface area contributed by atoms with Crippen LogP contribution in [0.1, 0.15) is 33.5 Å². The van der Waals surface area contributed by atoms with Gasteiger partial charge in [0.05, 0.1) is 16.4 Å². The lowest BCUT2D eigenvalue weighted by molar-refractivity contribution is -0.104. The summed E-state index contributed by atoms with van der Waals surface area (Å²) < 4.78 is 5.81. The van der Waals surface area contributed by atoms with Crippen LogP contribution in [-0.2, 0) is 14.9 Å². The molecule has 0 amide bonds. The zero-order chi connectivity index (χ0) is 26.2. The van der Waals surface area contributed by atoms with Gasteiger partial charge in [-0.3, -0.25) is 9.79 Å². The number of allylic oxidation sites excluding steroid dienone is 2. The SMILES string of the molecule is CN=C/C=C(\N)COC(/N=C(/C)N(C)c1cc(-c2ccnc(C(C)(C)C)n2)ccc1Cl)=C(\Br)C=O. The summed E-state index contributed by atoms with van der Waals surface area (Å²) >= 11 is 9.72. The highest BCUT2D eigenvalue weighted by Gasteiger charge is 2.19. The monoisotopic (exact) mass is 560 g/mol. The van der Waals surface area contributed by atoms with Gasteiger partial charge >= 0.3 is 0 Å². The quantitative estimate of drug-likeness (QED) is 0.155. The van der Waals surface area contributed by atoms with Crippen molar-refractivity contribution in [2.24, 2.45) is 15.7 Å². The molecule has 1 aromatic heterocycles. The maximum atomic E-state index is 11.4. The lowest BCUT2D eigenvalue weighted by Crippen LogP contribution is -2.24. The van der Waals surface area contributed by atoms with Crippen LogP contribution in [0.4, 0.5) is 5.69 Å². The molecule has 0 aliphatic carbocycles. The molecule has 1 heterocycles. The van der Waals surface area contributed by atoms with Crippen molar-refractivity contribution in [3.05, 3.63) is 63.4 Å². The van der Waals surface area contributed by atoms with Crippen LogP contribution in [0.25, 0.3) is 11.3 Å². The molecule has 8 nitrogen and oxygen atoms in total. The van der Waals surface area contributed by atoms with Gasteiger partial charge in [0.25, 0.3) is 0 Å². The first-order valence-corrected chi connectivity index (χ1v) is 11.9. The summed E-state index contributed by atoms with van der Waals surface area (Å²) in [6.07, 6.45) is 5.52. The van der Waals surface area contributed by atoms with E-state index in [2.05, 4.69) is 51.7 Å². The van der Waals surface area contributed by atoms with Crippen molar-refractivity contribution in [1.82, 2.24) is 9.97 Å². The summed E-state index contributed by atoms with van der Waals surface area (Å²) in [7, 11) is 3.46. The van der Waals surface area contributed by atoms with Crippen molar-refractivity contribution in [2.45, 2.75) is 33.1 Å². The Morgan fingerprint density at radius 3 is 2.66 bits per heavy atom. The van der Waals surface area contributed by atoms with E-state index in [9.17, 15) is 4.79 Å². The summed E-state index contributed by atoms with van der Waals surface area (Å²) in [5, 5.41) is 0.530. The molecule has 0 aliphatic heterocycles. The number of amidine groups is 1. The Morgan fingerprint density at radius 2 is 2.03 bits per heavy atom. The molecule has 0 saturated heterocycles. The molecule has 35 heavy (non-hydrogen) atoms. The number of benzene rings is 1. The second-order valence-corrected chi connectivity index (χ2v) is 9.87. The minimum Gasteiger partial charge on any atom is -0.470 e. The number of anilines is 1. The van der Waals surface area contributed by atoms with Gasteiger partial charge in [0.15, 0.2) is 6.29 Å². The highest BCUT2D eigenvalue weighted by Crippen LogP contribution is 2.31. The smallest absolute Gasteiger partial charge is 0.233 e. The van der Waals surface area contributed by atoms with Gasteiger partial charge in [-0.15, -0.1) is 0 Å². The van der Waals surface area contributed by atoms with Crippen LogP contribution < -0.4 is 10.6 Å². The number of aliphatic imine (C=N–C) groups is 2. The van der Waals surface area contributed by atoms with Crippen molar-refractivity contribution in [2.75, 3.05) is 25.6 Å². The van der Waals surface area contributed by atoms with E-state index in [4.69, 9.17) is 27.1 Å². The Hall–Kier alpha value is -3.04. The predicted octanol–water partition coefficient (Wildman–Crippen LogP) is 5.27. The zero-order valence-corrected chi connectivity index (χ0v) is 23.1. The van der Waals surface area contributed by atoms with E-state index >= 15 is 0 Å². The second-order valence-electron chi connectivity index (χ2n) is 8.61. The summed E-state index contributed by atoms with van der Waals surface area (Å²) in [5.41, 5.74) is 8.52. The number of aromatic nitrogens is 2. The molecule has 0 unspecified atom stereocenters. The fourth-order valence-corrected chi connectivity index (χ4v) is 3.23. The summed E-state index contributed by atoms with van der Waals surface area (Å²) in [5.74, 6) is 1.38. The van der Waals surface area contributed by atoms with Crippen LogP contribution in [0.2, 0.25) is 5.02 Å². The van der Waals surface area contributed by atoms with Crippen molar-refractivity contribution < 1.29 is 9.53 Å². The molecular formula is C25H30BrClN6O2. The Labute approximate surface area is 219 Å². The van der Waals surface area contributed by atoms with Gasteiger partial charge in [0, 0.05) is 43.2 Å². The second kappa shape index (κ2) is 12.6. The average Bonchev–Trinajstić information content (AvgIpc) is 2.83. The first kappa shape index (κ1) is 28.2. The number of carbonyl (C=O) groups excluding carboxylic acids is 1. The van der Waals surface area contributed by atoms with Gasteiger partial charge in [-0.25, -0.2) is 9.97 Å². The molecule has 0 atom stereocenters. The van der Waals surface area contributed by atoms with E-state index in [-0.39, 0.29) is 22.4 Å². The molecule has 0 spiro atoms. The lowest BCUT2D eigenvalue weighted by Gasteiger charge is -2.22. The molecular weight excluding hydrogens is 532 g/mol. The van der Waals surface area contributed by atoms with E-state index in [1.54, 1.807) is 37.4 Å². The van der Waals surface area contributed by atoms with Crippen molar-refractivity contribution in [3.63, 3.8) is 0 Å². The fourth-order valence-electron chi connectivity index (χ4n) is 2.78. The molecule has 0 fully saturated rings. The number of nitrogens with zero attached hydrogens (tertiary/aromatic N) is 5. The molecule has 0 bridgehead atoms. The van der Waals surface area contributed by atoms with E-state index in [1.807, 2.05) is 31.3 Å². The first-order valence-electron chi connectivity index (χ1n) is 10.7. The number of hydrogen-bond donors (Lipinski definition) is 1. The largest absolute Gasteiger partial charge is 0.470 e. The van der Waals surface area contributed by atoms with Crippen molar-refractivity contribution in [1.29, 1.82) is 0 Å². The minimum atomic E-state index is -0.179. The van der Waals surface area contributed by atoms with Crippen molar-refractivity contribution >= 4 is 51.6 Å². The van der Waals surface area contributed by atoms with E-state index in [0.29, 0.717) is 28.5 Å². The fraction of sp³-hybridized carbons (Fsp3) is 0.320. The number of hydrogen-bond acceptors (Lipinski definition) is 7. The highest BCUT2D eigenvalue weighted by atomic mass is 79.9. The number of nitrogens with two attached hydrogens (primary N) is 1. The molecule has 186 valence electrons. The summed E-state index contributed by atoms with van der Waals surface area (Å²) in [6.45, 7) is 8.02. The van der Waals surface area contributed by atoms with Gasteiger partial charge < -0.3 is 15.4 Å². The number of halogens is 2. The zero-order valence-electron chi connectivity index (χ0n) is 20.7. The minimum absolute atomic E-state index is 0.0326. The van der Waals surface area contributed by atoms with Gasteiger partial charge in [-0.05, 0) is 47.1 Å². The molecule has 2 aromatic rings. The molecule has 0 saturated carbocycles. The predicted molar refractivity (Wildman–Crippen MR) is 147 cm³/mol. The van der Waals surface area contributed by atoms with E-state index in [1.165, 1.54) is 0 Å². The first-order chi connectivity index (χ1) is 16.5. The third-order valence-corrected chi connectivity index (χ3v) is 5.65. The average molecular weight is 562 g/mol. The molecule has 2 N–H and O–H groups in total. The molecule has 2 rings (SSSR count). The van der Waals surface area contributed by atoms with Gasteiger partial charge in [0.1, 0.15) is 22.7 Å². The third kappa shape index (κ3) is 8.00. The Kier molecular flexibility index (Phi) is 10.2. The standard InChI is InChI=1S/C25H30BrClN6O2/c1-16(31-23(19(26)14-34)35-15-18(28)9-11-29-5)33(6)22-13-17(7-8-20(22)27)21-10-12-30-24(32-21)25(2,3)4/h7-14H,15,28H2,1-6H3/b18-9-,23-19-,29-11?,31-16-. The lowest BCUT2D eigenvalue weighted by atomic mass is 9.95. The van der Waals surface area contributed by atoms with Crippen molar-refractivity contribution in [3.8, 4) is 11.3 Å². The van der Waals surface area contributed by atoms with Crippen LogP contribution in [-0.4, -0.2) is 49.0 Å². The van der Waals surface area contributed by atoms with Crippen LogP contribution in [0, 0.1) is 0 Å². The molecule has 0 radical (unpaired) electrons. The molecule has 10 heteroatoms. The van der Waals surface area contributed by atoms with Gasteiger partial charge in [-0.1, -0.05) is 38.4 Å². The topological polar surface area (TPSA) is 106 Å². The number of carbonyl (C=O) groups is 1. The van der Waals surface area contributed by atoms with E-state index in [0.717, 1.165) is 17.1 Å². The van der Waals surface area contributed by atoms with Crippen LogP contribution >= 0.6 is 27.5 Å². The van der Waals surface area contributed by atoms with Crippen LogP contribution in [0.3, 0.4) is 0 Å². The highest BCUT2D eigenvalue weighted by molar-refractivity contribution is 9.12. The Bertz CT molecular complexity index is 1180. The van der Waals surface area contributed by atoms with E-state index < -0.39 is 0 Å². The maximum Gasteiger partial charge on any atom is 0.233 e. The van der Waals surface area contributed by atoms with Crippen LogP contribution in [0.5, 0.6) is 0 Å². The summed E-state index contributed by atoms with van der Waals surface area (Å²) in [4.78, 5) is 30.6. The molecule has 1 aromatic carbocycles. The number of ether oxygens (including phenoxy) is 1. The normalized spacial score (nSPS) is 13.6. The van der Waals surface area contributed by atoms with Gasteiger partial charge in [0.2, 0.25) is 5.88 Å². The Morgan fingerprint density at radius 1 is 1.31 bits per heavy atom. The Balaban J connectivity index is 2.39. The van der Waals surface area contributed by atoms with Crippen LogP contribution in [0.15, 0.2) is 62.6 Å².